The molecule has 0 fully saturated rings. The third kappa shape index (κ3) is 2.78. The predicted octanol–water partition coefficient (Wildman–Crippen LogP) is 3.38. The van der Waals surface area contributed by atoms with E-state index in [2.05, 4.69) is 38.8 Å². The lowest BCUT2D eigenvalue weighted by molar-refractivity contribution is 0.662. The molecule has 0 bridgehead atoms. The number of nitrogens with zero attached hydrogens (tertiary/aromatic N) is 5. The summed E-state index contributed by atoms with van der Waals surface area (Å²) in [7, 11) is 0. The first-order valence-corrected chi connectivity index (χ1v) is 8.04. The van der Waals surface area contributed by atoms with Gasteiger partial charge in [0, 0.05) is 5.69 Å². The maximum Gasteiger partial charge on any atom is 0.210 e. The van der Waals surface area contributed by atoms with Crippen LogP contribution in [0, 0.1) is 6.92 Å². The predicted molar refractivity (Wildman–Crippen MR) is 91.0 cm³/mol. The number of fused-ring (bicyclic) bond motifs is 1. The molecule has 0 amide bonds. The average molecular weight is 322 g/mol. The van der Waals surface area contributed by atoms with Crippen molar-refractivity contribution in [2.75, 3.05) is 5.32 Å². The molecule has 0 atom stereocenters. The molecule has 0 aliphatic heterocycles. The van der Waals surface area contributed by atoms with Gasteiger partial charge in [0.15, 0.2) is 0 Å². The lowest BCUT2D eigenvalue weighted by Crippen LogP contribution is -2.01. The number of benzene rings is 2. The first-order chi connectivity index (χ1) is 11.3. The molecule has 23 heavy (non-hydrogen) atoms. The van der Waals surface area contributed by atoms with Crippen molar-refractivity contribution in [3.05, 3.63) is 59.1 Å². The zero-order valence-corrected chi connectivity index (χ0v) is 13.3. The largest absolute Gasteiger partial charge is 0.330 e. The van der Waals surface area contributed by atoms with Gasteiger partial charge in [0.2, 0.25) is 5.13 Å². The first-order valence-electron chi connectivity index (χ1n) is 7.23. The Morgan fingerprint density at radius 1 is 1.00 bits per heavy atom. The Morgan fingerprint density at radius 2 is 1.83 bits per heavy atom. The third-order valence-electron chi connectivity index (χ3n) is 3.56. The zero-order valence-electron chi connectivity index (χ0n) is 12.5. The van der Waals surface area contributed by atoms with Gasteiger partial charge in [-0.1, -0.05) is 46.9 Å². The smallest absolute Gasteiger partial charge is 0.210 e. The number of anilines is 2. The van der Waals surface area contributed by atoms with Gasteiger partial charge in [0.25, 0.3) is 0 Å². The van der Waals surface area contributed by atoms with Crippen molar-refractivity contribution < 1.29 is 0 Å². The van der Waals surface area contributed by atoms with Crippen LogP contribution in [-0.4, -0.2) is 25.2 Å². The molecule has 0 saturated carbocycles. The van der Waals surface area contributed by atoms with E-state index in [0.717, 1.165) is 26.9 Å². The summed E-state index contributed by atoms with van der Waals surface area (Å²) in [5.74, 6) is 0. The van der Waals surface area contributed by atoms with E-state index in [0.29, 0.717) is 6.54 Å². The van der Waals surface area contributed by atoms with Crippen molar-refractivity contribution in [3.63, 3.8) is 0 Å². The van der Waals surface area contributed by atoms with Gasteiger partial charge in [0.05, 0.1) is 12.1 Å². The highest BCUT2D eigenvalue weighted by molar-refractivity contribution is 7.15. The summed E-state index contributed by atoms with van der Waals surface area (Å²) in [4.78, 5) is 0. The molecule has 2 aromatic carbocycles. The van der Waals surface area contributed by atoms with E-state index in [-0.39, 0.29) is 0 Å². The van der Waals surface area contributed by atoms with Crippen LogP contribution in [0.3, 0.4) is 0 Å². The fraction of sp³-hybridized carbons (Fsp3) is 0.125. The first kappa shape index (κ1) is 13.8. The quantitative estimate of drug-likeness (QED) is 0.624. The number of nitrogens with one attached hydrogen (secondary N) is 1. The molecular formula is C16H14N6S. The Balaban J connectivity index is 1.55. The molecule has 1 N–H and O–H groups in total. The van der Waals surface area contributed by atoms with Crippen molar-refractivity contribution >= 4 is 33.2 Å². The SMILES string of the molecule is Cc1ccccc1Nc1nnc(Cn2nnc3ccccc32)s1. The van der Waals surface area contributed by atoms with E-state index in [1.165, 1.54) is 16.9 Å². The second kappa shape index (κ2) is 5.77. The monoisotopic (exact) mass is 322 g/mol. The Hall–Kier alpha value is -2.80. The van der Waals surface area contributed by atoms with Crippen LogP contribution >= 0.6 is 11.3 Å². The highest BCUT2D eigenvalue weighted by atomic mass is 32.1. The number of aromatic nitrogens is 5. The molecule has 0 aliphatic rings. The average Bonchev–Trinajstić information content (AvgIpc) is 3.18. The molecule has 4 aromatic rings. The Bertz CT molecular complexity index is 958. The minimum absolute atomic E-state index is 0.563. The zero-order chi connectivity index (χ0) is 15.6. The summed E-state index contributed by atoms with van der Waals surface area (Å²) in [5.41, 5.74) is 4.10. The standard InChI is InChI=1S/C16H14N6S/c1-11-6-2-3-7-12(11)17-16-20-19-15(23-16)10-22-14-9-5-4-8-13(14)18-21-22/h2-9H,10H2,1H3,(H,17,20). The van der Waals surface area contributed by atoms with Crippen molar-refractivity contribution in [2.24, 2.45) is 0 Å². The van der Waals surface area contributed by atoms with Crippen molar-refractivity contribution in [1.29, 1.82) is 0 Å². The number of aryl methyl sites for hydroxylation is 1. The van der Waals surface area contributed by atoms with Crippen LogP contribution in [-0.2, 0) is 6.54 Å². The maximum atomic E-state index is 4.24. The number of rotatable bonds is 4. The second-order valence-corrected chi connectivity index (χ2v) is 6.24. The molecule has 2 aromatic heterocycles. The van der Waals surface area contributed by atoms with Crippen LogP contribution in [0.5, 0.6) is 0 Å². The fourth-order valence-corrected chi connectivity index (χ4v) is 3.09. The third-order valence-corrected chi connectivity index (χ3v) is 4.38. The van der Waals surface area contributed by atoms with Crippen LogP contribution in [0.2, 0.25) is 0 Å². The Morgan fingerprint density at radius 3 is 2.74 bits per heavy atom. The number of hydrogen-bond donors (Lipinski definition) is 1. The molecule has 6 nitrogen and oxygen atoms in total. The summed E-state index contributed by atoms with van der Waals surface area (Å²) in [5, 5.41) is 21.8. The van der Waals surface area contributed by atoms with E-state index >= 15 is 0 Å². The molecule has 114 valence electrons. The number of para-hydroxylation sites is 2. The van der Waals surface area contributed by atoms with Gasteiger partial charge in [-0.15, -0.1) is 15.3 Å². The van der Waals surface area contributed by atoms with Gasteiger partial charge >= 0.3 is 0 Å². The molecule has 0 radical (unpaired) electrons. The Kier molecular flexibility index (Phi) is 3.47. The maximum absolute atomic E-state index is 4.24. The molecule has 0 saturated heterocycles. The van der Waals surface area contributed by atoms with Crippen molar-refractivity contribution in [3.8, 4) is 0 Å². The van der Waals surface area contributed by atoms with Gasteiger partial charge in [-0.3, -0.25) is 0 Å². The minimum Gasteiger partial charge on any atom is -0.330 e. The summed E-state index contributed by atoms with van der Waals surface area (Å²) < 4.78 is 1.84. The normalized spacial score (nSPS) is 11.0. The lowest BCUT2D eigenvalue weighted by Gasteiger charge is -2.04. The van der Waals surface area contributed by atoms with Gasteiger partial charge in [-0.2, -0.15) is 0 Å². The van der Waals surface area contributed by atoms with Crippen LogP contribution < -0.4 is 5.32 Å². The van der Waals surface area contributed by atoms with E-state index in [4.69, 9.17) is 0 Å². The molecule has 4 rings (SSSR count). The molecule has 0 spiro atoms. The van der Waals surface area contributed by atoms with E-state index < -0.39 is 0 Å². The van der Waals surface area contributed by atoms with Crippen molar-refractivity contribution in [2.45, 2.75) is 13.5 Å². The molecule has 0 unspecified atom stereocenters. The van der Waals surface area contributed by atoms with Gasteiger partial charge in [-0.25, -0.2) is 4.68 Å². The van der Waals surface area contributed by atoms with Crippen LogP contribution in [0.4, 0.5) is 10.8 Å². The molecule has 2 heterocycles. The molecular weight excluding hydrogens is 308 g/mol. The van der Waals surface area contributed by atoms with E-state index in [9.17, 15) is 0 Å². The fourth-order valence-electron chi connectivity index (χ4n) is 2.36. The minimum atomic E-state index is 0.563. The van der Waals surface area contributed by atoms with E-state index in [1.807, 2.05) is 47.1 Å². The highest BCUT2D eigenvalue weighted by Crippen LogP contribution is 2.24. The summed E-state index contributed by atoms with van der Waals surface area (Å²) in [6.45, 7) is 2.62. The summed E-state index contributed by atoms with van der Waals surface area (Å²) >= 11 is 1.52. The van der Waals surface area contributed by atoms with Gasteiger partial charge < -0.3 is 5.32 Å². The topological polar surface area (TPSA) is 68.5 Å². The van der Waals surface area contributed by atoms with Crippen molar-refractivity contribution in [1.82, 2.24) is 25.2 Å². The van der Waals surface area contributed by atoms with Crippen LogP contribution in [0.1, 0.15) is 10.6 Å². The lowest BCUT2D eigenvalue weighted by atomic mass is 10.2. The van der Waals surface area contributed by atoms with E-state index in [1.54, 1.807) is 0 Å². The highest BCUT2D eigenvalue weighted by Gasteiger charge is 2.09. The molecule has 7 heteroatoms. The van der Waals surface area contributed by atoms with Crippen LogP contribution in [0.25, 0.3) is 11.0 Å². The van der Waals surface area contributed by atoms with Gasteiger partial charge in [0.1, 0.15) is 10.5 Å². The summed E-state index contributed by atoms with van der Waals surface area (Å²) in [6.07, 6.45) is 0. The summed E-state index contributed by atoms with van der Waals surface area (Å²) in [6, 6.07) is 16.0. The second-order valence-electron chi connectivity index (χ2n) is 5.18. The Labute approximate surface area is 136 Å². The van der Waals surface area contributed by atoms with Crippen LogP contribution in [0.15, 0.2) is 48.5 Å². The number of hydrogen-bond acceptors (Lipinski definition) is 6. The van der Waals surface area contributed by atoms with Gasteiger partial charge in [-0.05, 0) is 30.7 Å². The molecule has 0 aliphatic carbocycles.